The van der Waals surface area contributed by atoms with Gasteiger partial charge in [-0.05, 0) is 31.2 Å². The van der Waals surface area contributed by atoms with Crippen LogP contribution in [0.1, 0.15) is 13.3 Å². The van der Waals surface area contributed by atoms with E-state index in [2.05, 4.69) is 11.8 Å². The van der Waals surface area contributed by atoms with E-state index in [1.54, 1.807) is 42.3 Å². The second kappa shape index (κ2) is 8.65. The van der Waals surface area contributed by atoms with Crippen LogP contribution >= 0.6 is 0 Å². The number of ether oxygens (including phenoxy) is 1. The van der Waals surface area contributed by atoms with Crippen LogP contribution < -0.4 is 9.64 Å². The molecule has 0 N–H and O–H groups in total. The Morgan fingerprint density at radius 1 is 1.14 bits per heavy atom. The predicted octanol–water partition coefficient (Wildman–Crippen LogP) is 2.60. The Morgan fingerprint density at radius 2 is 1.82 bits per heavy atom. The number of anilines is 1. The minimum absolute atomic E-state index is 0.0471. The highest BCUT2D eigenvalue weighted by Gasteiger charge is 2.27. The lowest BCUT2D eigenvalue weighted by molar-refractivity contribution is -0.130. The summed E-state index contributed by atoms with van der Waals surface area (Å²) in [6.45, 7) is 4.04. The van der Waals surface area contributed by atoms with E-state index in [1.165, 1.54) is 0 Å². The fourth-order valence-electron chi connectivity index (χ4n) is 3.34. The molecule has 3 rings (SSSR count). The number of benzene rings is 2. The summed E-state index contributed by atoms with van der Waals surface area (Å²) in [6.07, 6.45) is -0.205. The summed E-state index contributed by atoms with van der Waals surface area (Å²) < 4.78 is 30.8. The van der Waals surface area contributed by atoms with Crippen molar-refractivity contribution in [3.8, 4) is 5.75 Å². The van der Waals surface area contributed by atoms with Crippen molar-refractivity contribution in [1.82, 2.24) is 4.90 Å². The van der Waals surface area contributed by atoms with Crippen LogP contribution in [0.4, 0.5) is 5.69 Å². The van der Waals surface area contributed by atoms with E-state index in [-0.39, 0.29) is 29.1 Å². The first-order chi connectivity index (χ1) is 13.4. The molecule has 1 atom stereocenters. The molecule has 0 saturated carbocycles. The first-order valence-corrected chi connectivity index (χ1v) is 11.1. The van der Waals surface area contributed by atoms with E-state index in [0.29, 0.717) is 13.1 Å². The van der Waals surface area contributed by atoms with E-state index in [4.69, 9.17) is 4.74 Å². The van der Waals surface area contributed by atoms with Gasteiger partial charge in [0.15, 0.2) is 9.84 Å². The Labute approximate surface area is 166 Å². The second-order valence-corrected chi connectivity index (χ2v) is 9.01. The molecule has 150 valence electrons. The van der Waals surface area contributed by atoms with Crippen molar-refractivity contribution in [3.63, 3.8) is 0 Å². The Morgan fingerprint density at radius 3 is 2.54 bits per heavy atom. The van der Waals surface area contributed by atoms with Gasteiger partial charge in [0.2, 0.25) is 5.91 Å². The predicted molar refractivity (Wildman–Crippen MR) is 109 cm³/mol. The first kappa shape index (κ1) is 20.2. The average Bonchev–Trinajstić information content (AvgIpc) is 2.72. The Balaban J connectivity index is 1.58. The summed E-state index contributed by atoms with van der Waals surface area (Å²) >= 11 is 0. The van der Waals surface area contributed by atoms with Gasteiger partial charge in [-0.1, -0.05) is 30.3 Å². The quantitative estimate of drug-likeness (QED) is 0.712. The van der Waals surface area contributed by atoms with Gasteiger partial charge in [0.05, 0.1) is 29.4 Å². The van der Waals surface area contributed by atoms with Crippen molar-refractivity contribution < 1.29 is 17.9 Å². The number of amides is 1. The lowest BCUT2D eigenvalue weighted by atomic mass is 10.2. The molecular formula is C21H26N2O4S. The van der Waals surface area contributed by atoms with Crippen molar-refractivity contribution in [1.29, 1.82) is 0 Å². The van der Waals surface area contributed by atoms with Crippen molar-refractivity contribution in [2.45, 2.75) is 24.3 Å². The van der Waals surface area contributed by atoms with Crippen LogP contribution in [0.3, 0.4) is 0 Å². The molecule has 0 fully saturated rings. The van der Waals surface area contributed by atoms with Crippen LogP contribution in [0.25, 0.3) is 0 Å². The lowest BCUT2D eigenvalue weighted by Gasteiger charge is -2.37. The average molecular weight is 403 g/mol. The number of fused-ring (bicyclic) bond motifs is 1. The summed E-state index contributed by atoms with van der Waals surface area (Å²) in [4.78, 5) is 16.5. The molecule has 1 heterocycles. The first-order valence-electron chi connectivity index (χ1n) is 9.43. The minimum Gasteiger partial charge on any atom is -0.485 e. The smallest absolute Gasteiger partial charge is 0.223 e. The van der Waals surface area contributed by atoms with E-state index in [0.717, 1.165) is 18.0 Å². The third-order valence-electron chi connectivity index (χ3n) is 4.90. The molecule has 2 aromatic carbocycles. The number of hydrogen-bond donors (Lipinski definition) is 0. The van der Waals surface area contributed by atoms with Crippen LogP contribution in [0, 0.1) is 0 Å². The zero-order valence-electron chi connectivity index (χ0n) is 16.2. The minimum atomic E-state index is -3.46. The molecule has 28 heavy (non-hydrogen) atoms. The topological polar surface area (TPSA) is 66.9 Å². The molecule has 7 heteroatoms. The summed E-state index contributed by atoms with van der Waals surface area (Å²) in [7, 11) is -1.77. The van der Waals surface area contributed by atoms with Crippen molar-refractivity contribution in [2.24, 2.45) is 0 Å². The highest BCUT2D eigenvalue weighted by Crippen LogP contribution is 2.32. The zero-order valence-corrected chi connectivity index (χ0v) is 17.1. The Bertz CT molecular complexity index is 915. The number of hydrogen-bond acceptors (Lipinski definition) is 5. The van der Waals surface area contributed by atoms with Crippen LogP contribution in [-0.2, 0) is 14.6 Å². The van der Waals surface area contributed by atoms with Gasteiger partial charge in [-0.15, -0.1) is 0 Å². The van der Waals surface area contributed by atoms with Gasteiger partial charge < -0.3 is 14.5 Å². The number of carbonyl (C=O) groups excluding carboxylic acids is 1. The summed E-state index contributed by atoms with van der Waals surface area (Å²) in [5.41, 5.74) is 1.06. The summed E-state index contributed by atoms with van der Waals surface area (Å²) in [6, 6.07) is 16.1. The number of carbonyl (C=O) groups is 1. The van der Waals surface area contributed by atoms with Gasteiger partial charge >= 0.3 is 0 Å². The largest absolute Gasteiger partial charge is 0.485 e. The number of likely N-dealkylation sites (N-methyl/N-ethyl adjacent to an activating group) is 2. The number of rotatable bonds is 7. The molecule has 0 saturated heterocycles. The summed E-state index contributed by atoms with van der Waals surface area (Å²) in [5.74, 6) is 0.411. The molecule has 0 aliphatic carbocycles. The van der Waals surface area contributed by atoms with Crippen molar-refractivity contribution in [3.05, 3.63) is 54.6 Å². The van der Waals surface area contributed by atoms with Gasteiger partial charge in [0, 0.05) is 20.0 Å². The number of nitrogens with zero attached hydrogens (tertiary/aromatic N) is 2. The van der Waals surface area contributed by atoms with Crippen LogP contribution in [0.2, 0.25) is 0 Å². The fourth-order valence-corrected chi connectivity index (χ4v) is 4.59. The monoisotopic (exact) mass is 402 g/mol. The Hall–Kier alpha value is -2.54. The standard InChI is InChI=1S/C21H26N2O4S/c1-3-23-16-17(27-20-12-8-7-11-19(20)23)15-22(2)21(24)13-14-28(25,26)18-9-5-4-6-10-18/h4-12,17H,3,13-16H2,1-2H3/t17-/m1/s1. The normalized spacial score (nSPS) is 16.2. The molecule has 0 bridgehead atoms. The zero-order chi connectivity index (χ0) is 20.1. The third-order valence-corrected chi connectivity index (χ3v) is 6.63. The van der Waals surface area contributed by atoms with E-state index in [1.807, 2.05) is 24.3 Å². The third kappa shape index (κ3) is 4.65. The van der Waals surface area contributed by atoms with Crippen LogP contribution in [0.5, 0.6) is 5.75 Å². The van der Waals surface area contributed by atoms with E-state index in [9.17, 15) is 13.2 Å². The van der Waals surface area contributed by atoms with Crippen molar-refractivity contribution in [2.75, 3.05) is 37.3 Å². The molecule has 0 unspecified atom stereocenters. The lowest BCUT2D eigenvalue weighted by Crippen LogP contribution is -2.47. The summed E-state index contributed by atoms with van der Waals surface area (Å²) in [5, 5.41) is 0. The van der Waals surface area contributed by atoms with E-state index >= 15 is 0 Å². The van der Waals surface area contributed by atoms with Gasteiger partial charge in [-0.3, -0.25) is 4.79 Å². The fraction of sp³-hybridized carbons (Fsp3) is 0.381. The molecular weight excluding hydrogens is 376 g/mol. The van der Waals surface area contributed by atoms with Gasteiger partial charge in [-0.2, -0.15) is 0 Å². The maximum atomic E-state index is 12.5. The maximum Gasteiger partial charge on any atom is 0.223 e. The molecule has 1 aliphatic rings. The van der Waals surface area contributed by atoms with Gasteiger partial charge in [0.25, 0.3) is 0 Å². The number of para-hydroxylation sites is 2. The molecule has 0 radical (unpaired) electrons. The second-order valence-electron chi connectivity index (χ2n) is 6.90. The number of sulfone groups is 1. The van der Waals surface area contributed by atoms with E-state index < -0.39 is 9.84 Å². The SMILES string of the molecule is CCN1C[C@@H](CN(C)C(=O)CCS(=O)(=O)c2ccccc2)Oc2ccccc21. The van der Waals surface area contributed by atoms with Crippen molar-refractivity contribution >= 4 is 21.4 Å². The molecule has 1 amide bonds. The molecule has 2 aromatic rings. The Kier molecular flexibility index (Phi) is 6.24. The van der Waals surface area contributed by atoms with Crippen LogP contribution in [0.15, 0.2) is 59.5 Å². The van der Waals surface area contributed by atoms with Gasteiger partial charge in [0.1, 0.15) is 11.9 Å². The highest BCUT2D eigenvalue weighted by atomic mass is 32.2. The molecule has 1 aliphatic heterocycles. The van der Waals surface area contributed by atoms with Gasteiger partial charge in [-0.25, -0.2) is 8.42 Å². The van der Waals surface area contributed by atoms with Crippen LogP contribution in [-0.4, -0.2) is 57.8 Å². The molecule has 0 aromatic heterocycles. The molecule has 0 spiro atoms. The highest BCUT2D eigenvalue weighted by molar-refractivity contribution is 7.91. The maximum absolute atomic E-state index is 12.5. The molecule has 6 nitrogen and oxygen atoms in total.